The molecule has 1 saturated carbocycles. The van der Waals surface area contributed by atoms with Crippen LogP contribution in [0.15, 0.2) is 82.9 Å². The predicted molar refractivity (Wildman–Crippen MR) is 161 cm³/mol. The highest BCUT2D eigenvalue weighted by Gasteiger charge is 2.68. The van der Waals surface area contributed by atoms with Crippen LogP contribution in [0.2, 0.25) is 5.02 Å². The fourth-order valence-corrected chi connectivity index (χ4v) is 8.37. The van der Waals surface area contributed by atoms with E-state index in [1.807, 2.05) is 6.08 Å². The number of rotatable bonds is 3. The fourth-order valence-electron chi connectivity index (χ4n) is 7.82. The third-order valence-corrected chi connectivity index (χ3v) is 10.5. The largest absolute Gasteiger partial charge is 0.508 e. The number of amides is 4. The Kier molecular flexibility index (Phi) is 6.41. The Hall–Kier alpha value is -3.82. The van der Waals surface area contributed by atoms with E-state index in [4.69, 9.17) is 11.6 Å². The highest BCUT2D eigenvalue weighted by molar-refractivity contribution is 9.10. The molecule has 4 amide bonds. The predicted octanol–water partition coefficient (Wildman–Crippen LogP) is 6.38. The molecule has 4 aliphatic rings. The number of hydrogen-bond donors (Lipinski definition) is 1. The van der Waals surface area contributed by atoms with Crippen LogP contribution in [0.5, 0.6) is 5.75 Å². The van der Waals surface area contributed by atoms with Gasteiger partial charge >= 0.3 is 0 Å². The van der Waals surface area contributed by atoms with Crippen molar-refractivity contribution in [3.05, 3.63) is 99.3 Å². The van der Waals surface area contributed by atoms with Crippen LogP contribution in [-0.2, 0) is 19.2 Å². The van der Waals surface area contributed by atoms with Gasteiger partial charge in [0.1, 0.15) is 11.6 Å². The van der Waals surface area contributed by atoms with Crippen molar-refractivity contribution < 1.29 is 28.7 Å². The lowest BCUT2D eigenvalue weighted by molar-refractivity contribution is -0.131. The summed E-state index contributed by atoms with van der Waals surface area (Å²) in [5.74, 6) is -5.89. The zero-order valence-corrected chi connectivity index (χ0v) is 25.2. The SMILES string of the molecule is CC12C(=O)N(c3ccc(F)c(Cl)c3)C(=O)C1CC1C(=CCC3C(=O)N(c4ccccc4)C(=O)C31)C2c1cc(Br)ccc1O. The number of hydrogen-bond acceptors (Lipinski definition) is 5. The van der Waals surface area contributed by atoms with Crippen molar-refractivity contribution in [3.63, 3.8) is 0 Å². The van der Waals surface area contributed by atoms with Gasteiger partial charge in [0.05, 0.1) is 39.6 Å². The number of phenols is 1. The van der Waals surface area contributed by atoms with Gasteiger partial charge in [0.2, 0.25) is 23.6 Å². The van der Waals surface area contributed by atoms with Gasteiger partial charge in [0, 0.05) is 16.0 Å². The van der Waals surface area contributed by atoms with Crippen molar-refractivity contribution in [3.8, 4) is 5.75 Å². The summed E-state index contributed by atoms with van der Waals surface area (Å²) in [6.07, 6.45) is 2.37. The van der Waals surface area contributed by atoms with Gasteiger partial charge in [0.15, 0.2) is 0 Å². The summed E-state index contributed by atoms with van der Waals surface area (Å²) in [5.41, 5.74) is 0.474. The van der Waals surface area contributed by atoms with E-state index < -0.39 is 52.6 Å². The maximum absolute atomic E-state index is 14.4. The van der Waals surface area contributed by atoms with E-state index >= 15 is 0 Å². The number of imide groups is 2. The summed E-state index contributed by atoms with van der Waals surface area (Å²) in [4.78, 5) is 58.6. The van der Waals surface area contributed by atoms with E-state index in [2.05, 4.69) is 15.9 Å². The Bertz CT molecular complexity index is 1780. The molecule has 43 heavy (non-hydrogen) atoms. The van der Waals surface area contributed by atoms with Crippen LogP contribution < -0.4 is 9.80 Å². The number of benzene rings is 3. The standard InChI is InChI=1S/C33H25BrClFN2O5/c1-33-23(30(41)38(32(33)43)18-8-11-25(36)24(35)14-18)15-21-19(28(33)22-13-16(34)7-12-26(22)39)9-10-20-27(21)31(42)37(29(20)40)17-5-3-2-4-6-17/h2-9,11-14,20-21,23,27-28,39H,10,15H2,1H3. The number of anilines is 2. The molecule has 2 aliphatic heterocycles. The van der Waals surface area contributed by atoms with Crippen molar-refractivity contribution in [1.82, 2.24) is 0 Å². The van der Waals surface area contributed by atoms with Crippen molar-refractivity contribution >= 4 is 62.5 Å². The minimum Gasteiger partial charge on any atom is -0.508 e. The summed E-state index contributed by atoms with van der Waals surface area (Å²) >= 11 is 9.53. The molecule has 0 bridgehead atoms. The molecule has 2 heterocycles. The molecular formula is C33H25BrClFN2O5. The topological polar surface area (TPSA) is 95.0 Å². The molecule has 1 N–H and O–H groups in total. The Morgan fingerprint density at radius 1 is 0.907 bits per heavy atom. The van der Waals surface area contributed by atoms with Crippen LogP contribution in [0, 0.1) is 34.9 Å². The molecule has 7 nitrogen and oxygen atoms in total. The molecule has 0 spiro atoms. The number of phenolic OH excluding ortho intramolecular Hbond substituents is 1. The van der Waals surface area contributed by atoms with Gasteiger partial charge < -0.3 is 5.11 Å². The van der Waals surface area contributed by atoms with Gasteiger partial charge in [-0.05, 0) is 74.2 Å². The molecule has 0 radical (unpaired) electrons. The van der Waals surface area contributed by atoms with E-state index in [1.54, 1.807) is 49.4 Å². The van der Waals surface area contributed by atoms with Gasteiger partial charge in [-0.2, -0.15) is 0 Å². The smallest absolute Gasteiger partial charge is 0.241 e. The first kappa shape index (κ1) is 28.0. The number of carbonyl (C=O) groups excluding carboxylic acids is 4. The number of fused-ring (bicyclic) bond motifs is 4. The van der Waals surface area contributed by atoms with E-state index in [0.29, 0.717) is 15.7 Å². The Labute approximate surface area is 260 Å². The average molecular weight is 664 g/mol. The third kappa shape index (κ3) is 3.90. The first-order valence-electron chi connectivity index (χ1n) is 14.0. The molecule has 3 fully saturated rings. The lowest BCUT2D eigenvalue weighted by atomic mass is 9.51. The normalized spacial score (nSPS) is 29.9. The van der Waals surface area contributed by atoms with Crippen LogP contribution in [-0.4, -0.2) is 28.7 Å². The summed E-state index contributed by atoms with van der Waals surface area (Å²) in [5, 5.41) is 10.9. The van der Waals surface area contributed by atoms with Gasteiger partial charge in [-0.25, -0.2) is 9.29 Å². The zero-order chi connectivity index (χ0) is 30.4. The second-order valence-corrected chi connectivity index (χ2v) is 13.1. The first-order valence-corrected chi connectivity index (χ1v) is 15.2. The number of aromatic hydroxyl groups is 1. The molecule has 3 aromatic carbocycles. The molecule has 0 aromatic heterocycles. The van der Waals surface area contributed by atoms with Crippen molar-refractivity contribution in [2.24, 2.45) is 29.1 Å². The summed E-state index contributed by atoms with van der Waals surface area (Å²) < 4.78 is 14.7. The van der Waals surface area contributed by atoms with E-state index in [-0.39, 0.29) is 41.1 Å². The number of halogens is 3. The lowest BCUT2D eigenvalue weighted by Crippen LogP contribution is -2.48. The molecule has 6 atom stereocenters. The van der Waals surface area contributed by atoms with Gasteiger partial charge in [-0.1, -0.05) is 57.4 Å². The third-order valence-electron chi connectivity index (χ3n) is 9.75. The number of para-hydroxylation sites is 1. The highest BCUT2D eigenvalue weighted by Crippen LogP contribution is 2.64. The van der Waals surface area contributed by atoms with Crippen molar-refractivity contribution in [2.45, 2.75) is 25.7 Å². The first-order chi connectivity index (χ1) is 20.5. The highest BCUT2D eigenvalue weighted by atomic mass is 79.9. The fraction of sp³-hybridized carbons (Fsp3) is 0.273. The maximum Gasteiger partial charge on any atom is 0.241 e. The van der Waals surface area contributed by atoms with Gasteiger partial charge in [-0.15, -0.1) is 0 Å². The molecule has 10 heteroatoms. The minimum absolute atomic E-state index is 0.0555. The molecule has 2 aliphatic carbocycles. The summed E-state index contributed by atoms with van der Waals surface area (Å²) in [7, 11) is 0. The monoisotopic (exact) mass is 662 g/mol. The summed E-state index contributed by atoms with van der Waals surface area (Å²) in [6.45, 7) is 1.72. The minimum atomic E-state index is -1.35. The van der Waals surface area contributed by atoms with Gasteiger partial charge in [0.25, 0.3) is 0 Å². The van der Waals surface area contributed by atoms with Crippen LogP contribution in [0.4, 0.5) is 15.8 Å². The summed E-state index contributed by atoms with van der Waals surface area (Å²) in [6, 6.07) is 17.4. The van der Waals surface area contributed by atoms with Gasteiger partial charge in [-0.3, -0.25) is 24.1 Å². The lowest BCUT2D eigenvalue weighted by Gasteiger charge is -2.49. The van der Waals surface area contributed by atoms with E-state index in [1.165, 1.54) is 23.1 Å². The average Bonchev–Trinajstić information content (AvgIpc) is 3.36. The van der Waals surface area contributed by atoms with Crippen molar-refractivity contribution in [2.75, 3.05) is 9.80 Å². The van der Waals surface area contributed by atoms with Crippen LogP contribution in [0.1, 0.15) is 31.2 Å². The number of allylic oxidation sites excluding steroid dienone is 2. The number of nitrogens with zero attached hydrogens (tertiary/aromatic N) is 2. The Balaban J connectivity index is 1.39. The van der Waals surface area contributed by atoms with Crippen LogP contribution in [0.25, 0.3) is 0 Å². The Morgan fingerprint density at radius 2 is 1.65 bits per heavy atom. The molecule has 7 rings (SSSR count). The Morgan fingerprint density at radius 3 is 2.37 bits per heavy atom. The van der Waals surface area contributed by atoms with E-state index in [9.17, 15) is 28.7 Å². The molecule has 3 aromatic rings. The maximum atomic E-state index is 14.4. The second-order valence-electron chi connectivity index (χ2n) is 11.8. The molecule has 6 unspecified atom stereocenters. The number of carbonyl (C=O) groups is 4. The van der Waals surface area contributed by atoms with Crippen molar-refractivity contribution in [1.29, 1.82) is 0 Å². The molecule has 2 saturated heterocycles. The quantitative estimate of drug-likeness (QED) is 0.259. The molecular weight excluding hydrogens is 639 g/mol. The zero-order valence-electron chi connectivity index (χ0n) is 22.8. The van der Waals surface area contributed by atoms with E-state index in [0.717, 1.165) is 16.5 Å². The van der Waals surface area contributed by atoms with Crippen LogP contribution >= 0.6 is 27.5 Å². The van der Waals surface area contributed by atoms with Crippen LogP contribution in [0.3, 0.4) is 0 Å². The second kappa shape index (κ2) is 9.86. The molecule has 218 valence electrons.